The van der Waals surface area contributed by atoms with Crippen molar-refractivity contribution in [1.29, 1.82) is 0 Å². The van der Waals surface area contributed by atoms with Crippen molar-refractivity contribution in [2.24, 2.45) is 0 Å². The van der Waals surface area contributed by atoms with Gasteiger partial charge in [0.2, 0.25) is 5.95 Å². The summed E-state index contributed by atoms with van der Waals surface area (Å²) in [5.74, 6) is -0.103. The topological polar surface area (TPSA) is 88.9 Å². The van der Waals surface area contributed by atoms with Crippen molar-refractivity contribution < 1.29 is 12.8 Å². The first-order valence-corrected chi connectivity index (χ1v) is 12.2. The van der Waals surface area contributed by atoms with E-state index in [1.54, 1.807) is 41.1 Å². The Morgan fingerprint density at radius 1 is 1.00 bits per heavy atom. The Kier molecular flexibility index (Phi) is 5.59. The van der Waals surface area contributed by atoms with E-state index in [2.05, 4.69) is 20.1 Å². The minimum Gasteiger partial charge on any atom is -0.324 e. The van der Waals surface area contributed by atoms with Gasteiger partial charge in [-0.05, 0) is 60.5 Å². The van der Waals surface area contributed by atoms with E-state index in [1.165, 1.54) is 24.3 Å². The molecule has 0 saturated carbocycles. The SMILES string of the molecule is Cc1ccc(S(=O)(=O)Nc2nc3n(n2)C(c2ccc(F)cc2)C=C(c2ccc(Cl)cc2)N3)cc1. The molecule has 0 amide bonds. The molecular weight excluding hydrogens is 477 g/mol. The lowest BCUT2D eigenvalue weighted by Gasteiger charge is -2.24. The van der Waals surface area contributed by atoms with Crippen molar-refractivity contribution in [1.82, 2.24) is 14.8 Å². The zero-order valence-corrected chi connectivity index (χ0v) is 19.5. The van der Waals surface area contributed by atoms with Gasteiger partial charge in [0.1, 0.15) is 11.9 Å². The van der Waals surface area contributed by atoms with E-state index in [1.807, 2.05) is 25.1 Å². The maximum absolute atomic E-state index is 13.6. The van der Waals surface area contributed by atoms with Gasteiger partial charge in [0.05, 0.1) is 4.90 Å². The average Bonchev–Trinajstić information content (AvgIpc) is 3.21. The monoisotopic (exact) mass is 495 g/mol. The number of rotatable bonds is 5. The van der Waals surface area contributed by atoms with Crippen LogP contribution in [0.15, 0.2) is 83.8 Å². The Balaban J connectivity index is 1.53. The number of anilines is 2. The molecule has 2 heterocycles. The number of allylic oxidation sites excluding steroid dienone is 1. The first-order chi connectivity index (χ1) is 16.3. The summed E-state index contributed by atoms with van der Waals surface area (Å²) < 4.78 is 43.2. The van der Waals surface area contributed by atoms with E-state index in [4.69, 9.17) is 11.6 Å². The molecule has 0 bridgehead atoms. The first kappa shape index (κ1) is 22.1. The Morgan fingerprint density at radius 2 is 1.68 bits per heavy atom. The van der Waals surface area contributed by atoms with E-state index in [0.29, 0.717) is 11.0 Å². The largest absolute Gasteiger partial charge is 0.324 e. The minimum absolute atomic E-state index is 0.0825. The van der Waals surface area contributed by atoms with Crippen molar-refractivity contribution >= 4 is 39.2 Å². The molecule has 0 radical (unpaired) electrons. The van der Waals surface area contributed by atoms with Gasteiger partial charge in [-0.3, -0.25) is 0 Å². The predicted molar refractivity (Wildman–Crippen MR) is 130 cm³/mol. The van der Waals surface area contributed by atoms with E-state index in [-0.39, 0.29) is 16.7 Å². The number of nitrogens with zero attached hydrogens (tertiary/aromatic N) is 3. The van der Waals surface area contributed by atoms with E-state index < -0.39 is 16.1 Å². The van der Waals surface area contributed by atoms with Crippen molar-refractivity contribution in [2.45, 2.75) is 17.9 Å². The van der Waals surface area contributed by atoms with Crippen LogP contribution in [-0.2, 0) is 10.0 Å². The fourth-order valence-corrected chi connectivity index (χ4v) is 4.69. The number of hydrogen-bond donors (Lipinski definition) is 2. The molecule has 4 aromatic rings. The van der Waals surface area contributed by atoms with Crippen LogP contribution in [0.3, 0.4) is 0 Å². The summed E-state index contributed by atoms with van der Waals surface area (Å²) in [6, 6.07) is 19.3. The molecule has 0 spiro atoms. The first-order valence-electron chi connectivity index (χ1n) is 10.3. The number of aryl methyl sites for hydroxylation is 1. The molecule has 7 nitrogen and oxygen atoms in total. The Hall–Kier alpha value is -3.69. The number of sulfonamides is 1. The summed E-state index contributed by atoms with van der Waals surface area (Å²) in [7, 11) is -3.89. The van der Waals surface area contributed by atoms with Gasteiger partial charge >= 0.3 is 0 Å². The summed E-state index contributed by atoms with van der Waals surface area (Å²) in [5.41, 5.74) is 3.29. The second-order valence-electron chi connectivity index (χ2n) is 7.83. The second-order valence-corrected chi connectivity index (χ2v) is 9.95. The molecule has 10 heteroatoms. The van der Waals surface area contributed by atoms with Crippen LogP contribution in [0.4, 0.5) is 16.3 Å². The van der Waals surface area contributed by atoms with Gasteiger partial charge in [0.25, 0.3) is 16.0 Å². The van der Waals surface area contributed by atoms with Crippen LogP contribution in [0.5, 0.6) is 0 Å². The smallest absolute Gasteiger partial charge is 0.264 e. The third kappa shape index (κ3) is 4.40. The number of halogens is 2. The van der Waals surface area contributed by atoms with Crippen molar-refractivity contribution in [3.05, 3.63) is 106 Å². The maximum atomic E-state index is 13.6. The van der Waals surface area contributed by atoms with Crippen LogP contribution in [0.25, 0.3) is 5.70 Å². The van der Waals surface area contributed by atoms with Gasteiger partial charge in [-0.2, -0.15) is 4.98 Å². The summed E-state index contributed by atoms with van der Waals surface area (Å²) in [6.07, 6.45) is 1.91. The molecule has 1 unspecified atom stereocenters. The summed E-state index contributed by atoms with van der Waals surface area (Å²) >= 11 is 6.03. The molecule has 1 atom stereocenters. The fraction of sp³-hybridized carbons (Fsp3) is 0.0833. The number of fused-ring (bicyclic) bond motifs is 1. The fourth-order valence-electron chi connectivity index (χ4n) is 3.63. The number of aromatic nitrogens is 3. The van der Waals surface area contributed by atoms with Gasteiger partial charge in [0.15, 0.2) is 0 Å². The van der Waals surface area contributed by atoms with Gasteiger partial charge in [-0.15, -0.1) is 5.10 Å². The third-order valence-corrected chi connectivity index (χ3v) is 6.99. The molecule has 0 aliphatic carbocycles. The summed E-state index contributed by atoms with van der Waals surface area (Å²) in [5, 5.41) is 8.19. The molecular formula is C24H19ClFN5O2S. The van der Waals surface area contributed by atoms with E-state index >= 15 is 0 Å². The van der Waals surface area contributed by atoms with Gasteiger partial charge < -0.3 is 5.32 Å². The van der Waals surface area contributed by atoms with Crippen LogP contribution in [-0.4, -0.2) is 23.2 Å². The normalized spacial score (nSPS) is 15.3. The number of benzene rings is 3. The molecule has 1 aromatic heterocycles. The molecule has 0 saturated heterocycles. The number of hydrogen-bond acceptors (Lipinski definition) is 5. The molecule has 1 aliphatic heterocycles. The average molecular weight is 496 g/mol. The second kappa shape index (κ2) is 8.58. The lowest BCUT2D eigenvalue weighted by Crippen LogP contribution is -2.20. The van der Waals surface area contributed by atoms with Gasteiger partial charge in [-0.25, -0.2) is 22.2 Å². The highest BCUT2D eigenvalue weighted by atomic mass is 35.5. The van der Waals surface area contributed by atoms with Crippen LogP contribution in [0.1, 0.15) is 22.7 Å². The minimum atomic E-state index is -3.89. The standard InChI is InChI=1S/C24H19ClFN5O2S/c1-15-2-12-20(13-3-15)34(32,33)30-23-28-24-27-21(16-4-8-18(25)9-5-16)14-22(31(24)29-23)17-6-10-19(26)11-7-17/h2-14,22H,1H3,(H2,27,28,29,30). The highest BCUT2D eigenvalue weighted by Crippen LogP contribution is 2.34. The molecule has 0 fully saturated rings. The quantitative estimate of drug-likeness (QED) is 0.395. The van der Waals surface area contributed by atoms with Crippen LogP contribution in [0, 0.1) is 12.7 Å². The maximum Gasteiger partial charge on any atom is 0.264 e. The molecule has 1 aliphatic rings. The highest BCUT2D eigenvalue weighted by molar-refractivity contribution is 7.92. The van der Waals surface area contributed by atoms with E-state index in [0.717, 1.165) is 22.4 Å². The van der Waals surface area contributed by atoms with Crippen LogP contribution in [0.2, 0.25) is 5.02 Å². The Bertz CT molecular complexity index is 1480. The highest BCUT2D eigenvalue weighted by Gasteiger charge is 2.27. The number of nitrogens with one attached hydrogen (secondary N) is 2. The zero-order chi connectivity index (χ0) is 23.9. The lowest BCUT2D eigenvalue weighted by atomic mass is 10.0. The summed E-state index contributed by atoms with van der Waals surface area (Å²) in [4.78, 5) is 4.48. The molecule has 5 rings (SSSR count). The van der Waals surface area contributed by atoms with Crippen LogP contribution < -0.4 is 10.0 Å². The zero-order valence-electron chi connectivity index (χ0n) is 17.9. The Morgan fingerprint density at radius 3 is 2.35 bits per heavy atom. The third-order valence-electron chi connectivity index (χ3n) is 5.39. The lowest BCUT2D eigenvalue weighted by molar-refractivity contribution is 0.597. The summed E-state index contributed by atoms with van der Waals surface area (Å²) in [6.45, 7) is 1.88. The predicted octanol–water partition coefficient (Wildman–Crippen LogP) is 5.24. The molecule has 3 aromatic carbocycles. The van der Waals surface area contributed by atoms with Gasteiger partial charge in [0, 0.05) is 10.7 Å². The van der Waals surface area contributed by atoms with Crippen LogP contribution >= 0.6 is 11.6 Å². The van der Waals surface area contributed by atoms with Gasteiger partial charge in [-0.1, -0.05) is 53.6 Å². The van der Waals surface area contributed by atoms with Crippen molar-refractivity contribution in [3.8, 4) is 0 Å². The molecule has 172 valence electrons. The Labute approximate surface area is 201 Å². The molecule has 34 heavy (non-hydrogen) atoms. The van der Waals surface area contributed by atoms with E-state index in [9.17, 15) is 12.8 Å². The van der Waals surface area contributed by atoms with Crippen molar-refractivity contribution in [3.63, 3.8) is 0 Å². The van der Waals surface area contributed by atoms with Crippen molar-refractivity contribution in [2.75, 3.05) is 10.0 Å². The molecule has 2 N–H and O–H groups in total.